The molecule has 0 heterocycles. The average molecular weight is 453 g/mol. The van der Waals surface area contributed by atoms with E-state index in [-0.39, 0.29) is 23.7 Å². The molecule has 1 aliphatic rings. The lowest BCUT2D eigenvalue weighted by atomic mass is 9.79. The first-order valence-electron chi connectivity index (χ1n) is 11.9. The van der Waals surface area contributed by atoms with Gasteiger partial charge in [0.05, 0.1) is 6.61 Å². The maximum absolute atomic E-state index is 14.8. The van der Waals surface area contributed by atoms with Crippen molar-refractivity contribution in [3.63, 3.8) is 0 Å². The van der Waals surface area contributed by atoms with Gasteiger partial charge in [0.2, 0.25) is 5.82 Å². The lowest BCUT2D eigenvalue weighted by Crippen LogP contribution is -2.12. The summed E-state index contributed by atoms with van der Waals surface area (Å²) in [7, 11) is 0. The van der Waals surface area contributed by atoms with Gasteiger partial charge in [-0.15, -0.1) is 0 Å². The fourth-order valence-electron chi connectivity index (χ4n) is 4.79. The highest BCUT2D eigenvalue weighted by molar-refractivity contribution is 5.65. The minimum absolute atomic E-state index is 0.0772. The number of rotatable bonds is 7. The van der Waals surface area contributed by atoms with Crippen molar-refractivity contribution < 1.29 is 17.9 Å². The lowest BCUT2D eigenvalue weighted by Gasteiger charge is -2.26. The third kappa shape index (κ3) is 5.43. The molecule has 0 unspecified atom stereocenters. The van der Waals surface area contributed by atoms with Crippen LogP contribution in [0.4, 0.5) is 13.2 Å². The summed E-state index contributed by atoms with van der Waals surface area (Å²) in [5, 5.41) is 0. The maximum atomic E-state index is 14.8. The summed E-state index contributed by atoms with van der Waals surface area (Å²) < 4.78 is 48.5. The van der Waals surface area contributed by atoms with Crippen LogP contribution in [0.15, 0.2) is 54.6 Å². The van der Waals surface area contributed by atoms with Gasteiger partial charge in [-0.05, 0) is 84.9 Å². The first kappa shape index (κ1) is 23.4. The Morgan fingerprint density at radius 1 is 0.788 bits per heavy atom. The maximum Gasteiger partial charge on any atom is 0.201 e. The molecule has 4 heteroatoms. The van der Waals surface area contributed by atoms with Crippen molar-refractivity contribution in [2.75, 3.05) is 6.61 Å². The van der Waals surface area contributed by atoms with Crippen LogP contribution in [-0.2, 0) is 12.8 Å². The Labute approximate surface area is 194 Å². The van der Waals surface area contributed by atoms with Crippen LogP contribution in [0.25, 0.3) is 11.1 Å². The van der Waals surface area contributed by atoms with E-state index in [1.54, 1.807) is 25.1 Å². The molecule has 1 aliphatic carbocycles. The minimum Gasteiger partial charge on any atom is -0.491 e. The minimum atomic E-state index is -0.966. The van der Waals surface area contributed by atoms with Gasteiger partial charge in [-0.25, -0.2) is 8.78 Å². The number of benzene rings is 3. The fourth-order valence-corrected chi connectivity index (χ4v) is 4.79. The highest BCUT2D eigenvalue weighted by atomic mass is 19.2. The molecule has 0 spiro atoms. The second-order valence-corrected chi connectivity index (χ2v) is 9.18. The Balaban J connectivity index is 1.40. The molecule has 1 fully saturated rings. The van der Waals surface area contributed by atoms with Crippen LogP contribution in [0.5, 0.6) is 5.75 Å². The molecule has 0 aliphatic heterocycles. The van der Waals surface area contributed by atoms with E-state index < -0.39 is 11.6 Å². The number of hydrogen-bond acceptors (Lipinski definition) is 1. The molecule has 0 aromatic heterocycles. The Morgan fingerprint density at radius 2 is 1.45 bits per heavy atom. The monoisotopic (exact) mass is 452 g/mol. The Bertz CT molecular complexity index is 1080. The zero-order chi connectivity index (χ0) is 23.4. The average Bonchev–Trinajstić information content (AvgIpc) is 2.82. The van der Waals surface area contributed by atoms with E-state index >= 15 is 0 Å². The number of halogens is 3. The molecule has 0 saturated heterocycles. The van der Waals surface area contributed by atoms with Crippen LogP contribution in [0.1, 0.15) is 62.1 Å². The second kappa shape index (κ2) is 10.5. The number of aryl methyl sites for hydroxylation is 2. The standard InChI is InChI=1S/C29H31F3O/c1-3-33-27-17-16-25(28(31)29(27)32)23-13-8-20(9-14-23)6-7-21-10-15-24(26(30)18-21)22-11-4-19(2)5-12-22/h8-10,13-19,22H,3-7,11-12H2,1-2H3. The van der Waals surface area contributed by atoms with E-state index in [0.29, 0.717) is 11.5 Å². The van der Waals surface area contributed by atoms with Gasteiger partial charge in [0.15, 0.2) is 11.6 Å². The van der Waals surface area contributed by atoms with Crippen molar-refractivity contribution in [3.8, 4) is 16.9 Å². The van der Waals surface area contributed by atoms with Crippen molar-refractivity contribution >= 4 is 0 Å². The van der Waals surface area contributed by atoms with Crippen LogP contribution < -0.4 is 4.74 Å². The zero-order valence-corrected chi connectivity index (χ0v) is 19.3. The van der Waals surface area contributed by atoms with Crippen LogP contribution in [0, 0.1) is 23.4 Å². The molecule has 0 radical (unpaired) electrons. The molecular formula is C29H31F3O. The van der Waals surface area contributed by atoms with Gasteiger partial charge in [0.25, 0.3) is 0 Å². The highest BCUT2D eigenvalue weighted by Crippen LogP contribution is 2.37. The van der Waals surface area contributed by atoms with Crippen LogP contribution in [-0.4, -0.2) is 6.61 Å². The van der Waals surface area contributed by atoms with Gasteiger partial charge in [-0.3, -0.25) is 0 Å². The van der Waals surface area contributed by atoms with E-state index in [0.717, 1.165) is 48.3 Å². The molecule has 0 amide bonds. The van der Waals surface area contributed by atoms with Crippen LogP contribution in [0.3, 0.4) is 0 Å². The fraction of sp³-hybridized carbons (Fsp3) is 0.379. The topological polar surface area (TPSA) is 9.23 Å². The summed E-state index contributed by atoms with van der Waals surface area (Å²) in [6, 6.07) is 16.1. The summed E-state index contributed by atoms with van der Waals surface area (Å²) >= 11 is 0. The van der Waals surface area contributed by atoms with Gasteiger partial charge in [0.1, 0.15) is 5.82 Å². The van der Waals surface area contributed by atoms with Crippen molar-refractivity contribution in [2.45, 2.75) is 58.3 Å². The highest BCUT2D eigenvalue weighted by Gasteiger charge is 2.22. The molecule has 0 atom stereocenters. The summed E-state index contributed by atoms with van der Waals surface area (Å²) in [5.41, 5.74) is 3.72. The molecule has 3 aromatic carbocycles. The van der Waals surface area contributed by atoms with Gasteiger partial charge >= 0.3 is 0 Å². The van der Waals surface area contributed by atoms with E-state index in [9.17, 15) is 13.2 Å². The molecule has 1 nitrogen and oxygen atoms in total. The van der Waals surface area contributed by atoms with Crippen molar-refractivity contribution in [1.29, 1.82) is 0 Å². The third-order valence-electron chi connectivity index (χ3n) is 6.83. The Kier molecular flexibility index (Phi) is 7.42. The predicted octanol–water partition coefficient (Wildman–Crippen LogP) is 8.25. The summed E-state index contributed by atoms with van der Waals surface area (Å²) in [6.45, 7) is 4.27. The summed E-state index contributed by atoms with van der Waals surface area (Å²) in [6.07, 6.45) is 5.97. The molecule has 174 valence electrons. The van der Waals surface area contributed by atoms with Crippen molar-refractivity contribution in [2.24, 2.45) is 5.92 Å². The number of ether oxygens (including phenoxy) is 1. The Hall–Kier alpha value is -2.75. The van der Waals surface area contributed by atoms with E-state index in [2.05, 4.69) is 6.92 Å². The van der Waals surface area contributed by atoms with Crippen LogP contribution in [0.2, 0.25) is 0 Å². The van der Waals surface area contributed by atoms with Gasteiger partial charge in [-0.1, -0.05) is 56.2 Å². The first-order chi connectivity index (χ1) is 16.0. The van der Waals surface area contributed by atoms with E-state index in [4.69, 9.17) is 4.74 Å². The third-order valence-corrected chi connectivity index (χ3v) is 6.83. The van der Waals surface area contributed by atoms with Crippen molar-refractivity contribution in [1.82, 2.24) is 0 Å². The summed E-state index contributed by atoms with van der Waals surface area (Å²) in [4.78, 5) is 0. The molecule has 0 N–H and O–H groups in total. The molecule has 0 bridgehead atoms. The van der Waals surface area contributed by atoms with Gasteiger partial charge < -0.3 is 4.74 Å². The summed E-state index contributed by atoms with van der Waals surface area (Å²) in [5.74, 6) is -0.944. The SMILES string of the molecule is CCOc1ccc(-c2ccc(CCc3ccc(C4CCC(C)CC4)c(F)c3)cc2)c(F)c1F. The Morgan fingerprint density at radius 3 is 2.12 bits per heavy atom. The van der Waals surface area contributed by atoms with Gasteiger partial charge in [0, 0.05) is 5.56 Å². The lowest BCUT2D eigenvalue weighted by molar-refractivity contribution is 0.314. The molecule has 1 saturated carbocycles. The predicted molar refractivity (Wildman–Crippen MR) is 127 cm³/mol. The first-order valence-corrected chi connectivity index (χ1v) is 11.9. The van der Waals surface area contributed by atoms with Gasteiger partial charge in [-0.2, -0.15) is 4.39 Å². The molecule has 4 rings (SSSR count). The van der Waals surface area contributed by atoms with Crippen molar-refractivity contribution in [3.05, 3.63) is 88.7 Å². The van der Waals surface area contributed by atoms with Crippen LogP contribution >= 0.6 is 0 Å². The zero-order valence-electron chi connectivity index (χ0n) is 19.3. The second-order valence-electron chi connectivity index (χ2n) is 9.18. The molecule has 33 heavy (non-hydrogen) atoms. The quantitative estimate of drug-likeness (QED) is 0.351. The van der Waals surface area contributed by atoms with E-state index in [1.165, 1.54) is 25.0 Å². The largest absolute Gasteiger partial charge is 0.491 e. The number of hydrogen-bond donors (Lipinski definition) is 0. The normalized spacial score (nSPS) is 18.3. The van der Waals surface area contributed by atoms with E-state index in [1.807, 2.05) is 24.3 Å². The molecule has 3 aromatic rings. The smallest absolute Gasteiger partial charge is 0.201 e. The molecular weight excluding hydrogens is 421 g/mol.